The molecule has 0 bridgehead atoms. The maximum Gasteiger partial charge on any atom is 0.310 e. The van der Waals surface area contributed by atoms with Crippen LogP contribution in [-0.2, 0) is 20.7 Å². The number of hydrogen-bond acceptors (Lipinski definition) is 4. The molecule has 1 heterocycles. The van der Waals surface area contributed by atoms with E-state index in [2.05, 4.69) is 0 Å². The van der Waals surface area contributed by atoms with Crippen LogP contribution in [0.1, 0.15) is 18.4 Å². The number of rotatable bonds is 7. The highest BCUT2D eigenvalue weighted by Gasteiger charge is 2.21. The van der Waals surface area contributed by atoms with Crippen molar-refractivity contribution in [3.8, 4) is 5.75 Å². The third-order valence-corrected chi connectivity index (χ3v) is 4.03. The van der Waals surface area contributed by atoms with Gasteiger partial charge in [0.05, 0.1) is 6.42 Å². The number of carbonyl (C=O) groups is 2. The molecule has 1 aliphatic rings. The van der Waals surface area contributed by atoms with Crippen LogP contribution < -0.4 is 9.64 Å². The molecule has 1 saturated heterocycles. The van der Waals surface area contributed by atoms with Gasteiger partial charge in [-0.3, -0.25) is 9.59 Å². The second-order valence-electron chi connectivity index (χ2n) is 5.87. The fraction of sp³-hybridized carbons (Fsp3) is 0.300. The molecular weight excluding hydrogens is 318 g/mol. The van der Waals surface area contributed by atoms with Crippen molar-refractivity contribution in [3.63, 3.8) is 0 Å². The van der Waals surface area contributed by atoms with Crippen molar-refractivity contribution in [1.29, 1.82) is 0 Å². The number of carbonyl (C=O) groups excluding carboxylic acids is 2. The van der Waals surface area contributed by atoms with Crippen LogP contribution in [0.5, 0.6) is 5.75 Å². The molecule has 0 radical (unpaired) electrons. The van der Waals surface area contributed by atoms with Gasteiger partial charge in [0.2, 0.25) is 5.91 Å². The van der Waals surface area contributed by atoms with Crippen molar-refractivity contribution in [2.75, 3.05) is 24.7 Å². The van der Waals surface area contributed by atoms with E-state index in [0.29, 0.717) is 13.0 Å². The summed E-state index contributed by atoms with van der Waals surface area (Å²) in [5.41, 5.74) is 1.75. The molecule has 2 aromatic rings. The van der Waals surface area contributed by atoms with Crippen LogP contribution >= 0.6 is 0 Å². The SMILES string of the molecule is O=C(Cc1ccc(N2CCCC2=O)cc1)OCCOc1ccccc1. The van der Waals surface area contributed by atoms with Crippen LogP contribution in [-0.4, -0.2) is 31.6 Å². The van der Waals surface area contributed by atoms with E-state index in [1.54, 1.807) is 4.90 Å². The average molecular weight is 339 g/mol. The van der Waals surface area contributed by atoms with E-state index in [-0.39, 0.29) is 24.9 Å². The van der Waals surface area contributed by atoms with Crippen molar-refractivity contribution in [2.24, 2.45) is 0 Å². The highest BCUT2D eigenvalue weighted by Crippen LogP contribution is 2.21. The standard InChI is InChI=1S/C20H21NO4/c22-19-7-4-12-21(19)17-10-8-16(9-11-17)15-20(23)25-14-13-24-18-5-2-1-3-6-18/h1-3,5-6,8-11H,4,7,12-15H2. The molecule has 5 heteroatoms. The van der Waals surface area contributed by atoms with Crippen molar-refractivity contribution < 1.29 is 19.1 Å². The number of benzene rings is 2. The van der Waals surface area contributed by atoms with Crippen LogP contribution in [0.2, 0.25) is 0 Å². The smallest absolute Gasteiger partial charge is 0.310 e. The van der Waals surface area contributed by atoms with Crippen LogP contribution in [0.15, 0.2) is 54.6 Å². The number of nitrogens with zero attached hydrogens (tertiary/aromatic N) is 1. The lowest BCUT2D eigenvalue weighted by molar-refractivity contribution is -0.143. The number of para-hydroxylation sites is 1. The summed E-state index contributed by atoms with van der Waals surface area (Å²) in [6.07, 6.45) is 1.72. The molecule has 5 nitrogen and oxygen atoms in total. The van der Waals surface area contributed by atoms with E-state index in [4.69, 9.17) is 9.47 Å². The first-order valence-electron chi connectivity index (χ1n) is 8.45. The number of amides is 1. The first kappa shape index (κ1) is 17.0. The minimum Gasteiger partial charge on any atom is -0.490 e. The van der Waals surface area contributed by atoms with Crippen molar-refractivity contribution in [3.05, 3.63) is 60.2 Å². The Labute approximate surface area is 147 Å². The number of hydrogen-bond donors (Lipinski definition) is 0. The topological polar surface area (TPSA) is 55.8 Å². The van der Waals surface area contributed by atoms with E-state index in [0.717, 1.165) is 30.0 Å². The normalized spacial score (nSPS) is 13.8. The van der Waals surface area contributed by atoms with E-state index in [9.17, 15) is 9.59 Å². The fourth-order valence-electron chi connectivity index (χ4n) is 2.76. The Kier molecular flexibility index (Phi) is 5.67. The second-order valence-corrected chi connectivity index (χ2v) is 5.87. The molecule has 0 N–H and O–H groups in total. The molecule has 1 amide bonds. The molecule has 1 fully saturated rings. The van der Waals surface area contributed by atoms with Crippen molar-refractivity contribution >= 4 is 17.6 Å². The maximum absolute atomic E-state index is 11.9. The number of ether oxygens (including phenoxy) is 2. The molecule has 0 aliphatic carbocycles. The molecule has 0 spiro atoms. The molecule has 0 atom stereocenters. The summed E-state index contributed by atoms with van der Waals surface area (Å²) >= 11 is 0. The van der Waals surface area contributed by atoms with Crippen molar-refractivity contribution in [2.45, 2.75) is 19.3 Å². The third kappa shape index (κ3) is 4.83. The Morgan fingerprint density at radius 3 is 2.44 bits per heavy atom. The van der Waals surface area contributed by atoms with Crippen molar-refractivity contribution in [1.82, 2.24) is 0 Å². The molecule has 0 unspecified atom stereocenters. The summed E-state index contributed by atoms with van der Waals surface area (Å²) < 4.78 is 10.7. The molecule has 2 aromatic carbocycles. The lowest BCUT2D eigenvalue weighted by Gasteiger charge is -2.15. The maximum atomic E-state index is 11.9. The predicted octanol–water partition coefficient (Wildman–Crippen LogP) is 2.98. The lowest BCUT2D eigenvalue weighted by atomic mass is 10.1. The predicted molar refractivity (Wildman–Crippen MR) is 94.6 cm³/mol. The zero-order valence-electron chi connectivity index (χ0n) is 14.0. The average Bonchev–Trinajstić information content (AvgIpc) is 3.06. The van der Waals surface area contributed by atoms with Gasteiger partial charge in [-0.15, -0.1) is 0 Å². The minimum absolute atomic E-state index is 0.158. The van der Waals surface area contributed by atoms with Gasteiger partial charge in [0, 0.05) is 18.7 Å². The summed E-state index contributed by atoms with van der Waals surface area (Å²) in [5, 5.41) is 0. The van der Waals surface area contributed by atoms with Gasteiger partial charge in [-0.1, -0.05) is 30.3 Å². The van der Waals surface area contributed by atoms with E-state index < -0.39 is 0 Å². The van der Waals surface area contributed by atoms with E-state index in [1.165, 1.54) is 0 Å². The summed E-state index contributed by atoms with van der Waals surface area (Å²) in [6.45, 7) is 1.31. The number of esters is 1. The highest BCUT2D eigenvalue weighted by molar-refractivity contribution is 5.95. The van der Waals surface area contributed by atoms with Gasteiger partial charge >= 0.3 is 5.97 Å². The molecule has 0 saturated carbocycles. The van der Waals surface area contributed by atoms with Gasteiger partial charge in [-0.2, -0.15) is 0 Å². The minimum atomic E-state index is -0.290. The summed E-state index contributed by atoms with van der Waals surface area (Å²) in [6, 6.07) is 16.9. The van der Waals surface area contributed by atoms with Crippen LogP contribution in [0.4, 0.5) is 5.69 Å². The Morgan fingerprint density at radius 2 is 1.76 bits per heavy atom. The van der Waals surface area contributed by atoms with Gasteiger partial charge < -0.3 is 14.4 Å². The third-order valence-electron chi connectivity index (χ3n) is 4.03. The summed E-state index contributed by atoms with van der Waals surface area (Å²) in [5.74, 6) is 0.623. The van der Waals surface area contributed by atoms with Gasteiger partial charge in [0.25, 0.3) is 0 Å². The fourth-order valence-corrected chi connectivity index (χ4v) is 2.76. The zero-order chi connectivity index (χ0) is 17.5. The number of anilines is 1. The molecule has 0 aromatic heterocycles. The van der Waals surface area contributed by atoms with Gasteiger partial charge in [0.1, 0.15) is 19.0 Å². The Morgan fingerprint density at radius 1 is 1.00 bits per heavy atom. The first-order valence-corrected chi connectivity index (χ1v) is 8.45. The molecule has 25 heavy (non-hydrogen) atoms. The molecular formula is C20H21NO4. The van der Waals surface area contributed by atoms with Crippen LogP contribution in [0.3, 0.4) is 0 Å². The Balaban J connectivity index is 1.41. The summed E-state index contributed by atoms with van der Waals surface area (Å²) in [7, 11) is 0. The van der Waals surface area contributed by atoms with Crippen LogP contribution in [0, 0.1) is 0 Å². The van der Waals surface area contributed by atoms with Gasteiger partial charge in [0.15, 0.2) is 0 Å². The van der Waals surface area contributed by atoms with E-state index in [1.807, 2.05) is 54.6 Å². The largest absolute Gasteiger partial charge is 0.490 e. The highest BCUT2D eigenvalue weighted by atomic mass is 16.6. The van der Waals surface area contributed by atoms with Crippen LogP contribution in [0.25, 0.3) is 0 Å². The van der Waals surface area contributed by atoms with E-state index >= 15 is 0 Å². The second kappa shape index (κ2) is 8.33. The zero-order valence-corrected chi connectivity index (χ0v) is 14.0. The summed E-state index contributed by atoms with van der Waals surface area (Å²) in [4.78, 5) is 25.4. The monoisotopic (exact) mass is 339 g/mol. The Bertz CT molecular complexity index is 712. The lowest BCUT2D eigenvalue weighted by Crippen LogP contribution is -2.23. The molecule has 1 aliphatic heterocycles. The molecule has 130 valence electrons. The molecule has 3 rings (SSSR count). The van der Waals surface area contributed by atoms with Gasteiger partial charge in [-0.25, -0.2) is 0 Å². The Hall–Kier alpha value is -2.82. The first-order chi connectivity index (χ1) is 12.2. The van der Waals surface area contributed by atoms with Gasteiger partial charge in [-0.05, 0) is 36.2 Å². The quantitative estimate of drug-likeness (QED) is 0.575.